The summed E-state index contributed by atoms with van der Waals surface area (Å²) >= 11 is 1.52. The number of carbonyl (C=O) groups excluding carboxylic acids is 1. The van der Waals surface area contributed by atoms with Crippen LogP contribution in [0.1, 0.15) is 24.2 Å². The number of benzene rings is 3. The Bertz CT molecular complexity index is 1200. The molecule has 0 bridgehead atoms. The quantitative estimate of drug-likeness (QED) is 0.310. The molecule has 0 fully saturated rings. The van der Waals surface area contributed by atoms with Gasteiger partial charge in [-0.2, -0.15) is 0 Å². The summed E-state index contributed by atoms with van der Waals surface area (Å²) in [6, 6.07) is 23.9. The number of carbonyl (C=O) groups is 1. The summed E-state index contributed by atoms with van der Waals surface area (Å²) < 4.78 is 6.49. The first-order valence-corrected chi connectivity index (χ1v) is 12.1. The second-order valence-electron chi connectivity index (χ2n) is 7.73. The van der Waals surface area contributed by atoms with Gasteiger partial charge in [-0.15, -0.1) is 0 Å². The summed E-state index contributed by atoms with van der Waals surface area (Å²) in [6.07, 6.45) is 0. The van der Waals surface area contributed by atoms with Gasteiger partial charge in [0.05, 0.1) is 11.8 Å². The highest BCUT2D eigenvalue weighted by Gasteiger charge is 2.23. The molecule has 0 spiro atoms. The lowest BCUT2D eigenvalue weighted by Gasteiger charge is -2.24. The summed E-state index contributed by atoms with van der Waals surface area (Å²) in [5.74, 6) is 0.679. The molecule has 4 aromatic rings. The predicted molar refractivity (Wildman–Crippen MR) is 138 cm³/mol. The van der Waals surface area contributed by atoms with Crippen molar-refractivity contribution >= 4 is 32.6 Å². The molecule has 5 nitrogen and oxygen atoms in total. The fourth-order valence-electron chi connectivity index (χ4n) is 3.85. The third-order valence-electron chi connectivity index (χ3n) is 5.84. The molecule has 1 aromatic heterocycles. The van der Waals surface area contributed by atoms with E-state index in [1.807, 2.05) is 60.7 Å². The van der Waals surface area contributed by atoms with Crippen LogP contribution in [-0.4, -0.2) is 49.1 Å². The van der Waals surface area contributed by atoms with E-state index < -0.39 is 0 Å². The molecule has 1 amide bonds. The first kappa shape index (κ1) is 23.0. The number of amides is 1. The molecule has 33 heavy (non-hydrogen) atoms. The van der Waals surface area contributed by atoms with Gasteiger partial charge in [0.15, 0.2) is 5.13 Å². The van der Waals surface area contributed by atoms with E-state index in [0.717, 1.165) is 46.7 Å². The fraction of sp³-hybridized carbons (Fsp3) is 0.259. The van der Waals surface area contributed by atoms with Crippen LogP contribution in [0.5, 0.6) is 5.75 Å². The zero-order valence-corrected chi connectivity index (χ0v) is 20.1. The normalized spacial score (nSPS) is 11.2. The lowest BCUT2D eigenvalue weighted by molar-refractivity contribution is 0.0984. The molecule has 0 aliphatic carbocycles. The number of para-hydroxylation sites is 1. The Balaban J connectivity index is 1.66. The molecule has 0 radical (unpaired) electrons. The second kappa shape index (κ2) is 10.6. The molecular weight excluding hydrogens is 430 g/mol. The molecule has 0 N–H and O–H groups in total. The lowest BCUT2D eigenvalue weighted by atomic mass is 10.0. The number of hydrogen-bond acceptors (Lipinski definition) is 5. The largest absolute Gasteiger partial charge is 0.494 e. The molecule has 170 valence electrons. The number of ether oxygens (including phenoxy) is 1. The zero-order valence-electron chi connectivity index (χ0n) is 19.3. The lowest BCUT2D eigenvalue weighted by Crippen LogP contribution is -2.38. The van der Waals surface area contributed by atoms with Gasteiger partial charge in [-0.25, -0.2) is 4.98 Å². The van der Waals surface area contributed by atoms with Gasteiger partial charge in [-0.05, 0) is 48.5 Å². The number of nitrogens with zero attached hydrogens (tertiary/aromatic N) is 3. The summed E-state index contributed by atoms with van der Waals surface area (Å²) in [4.78, 5) is 22.6. The van der Waals surface area contributed by atoms with E-state index in [0.29, 0.717) is 17.2 Å². The molecule has 0 saturated heterocycles. The predicted octanol–water partition coefficient (Wildman–Crippen LogP) is 5.96. The Morgan fingerprint density at radius 1 is 0.879 bits per heavy atom. The summed E-state index contributed by atoms with van der Waals surface area (Å²) in [5.41, 5.74) is 3.67. The standard InChI is InChI=1S/C27H29N3O2S/c1-4-29(5-2)18-19-30(27-28-25-23(32-3)12-9-13-24(25)33-27)26(31)22-16-14-21(15-17-22)20-10-7-6-8-11-20/h6-17H,4-5,18-19H2,1-3H3. The zero-order chi connectivity index (χ0) is 23.2. The van der Waals surface area contributed by atoms with Crippen molar-refractivity contribution in [3.05, 3.63) is 78.4 Å². The van der Waals surface area contributed by atoms with E-state index >= 15 is 0 Å². The smallest absolute Gasteiger partial charge is 0.260 e. The Morgan fingerprint density at radius 2 is 1.58 bits per heavy atom. The number of methoxy groups -OCH3 is 1. The number of fused-ring (bicyclic) bond motifs is 1. The van der Waals surface area contributed by atoms with Gasteiger partial charge in [-0.3, -0.25) is 9.69 Å². The molecule has 6 heteroatoms. The van der Waals surface area contributed by atoms with Gasteiger partial charge < -0.3 is 9.64 Å². The van der Waals surface area contributed by atoms with Crippen LogP contribution in [0, 0.1) is 0 Å². The van der Waals surface area contributed by atoms with Crippen molar-refractivity contribution in [1.82, 2.24) is 9.88 Å². The van der Waals surface area contributed by atoms with Crippen molar-refractivity contribution in [2.45, 2.75) is 13.8 Å². The average Bonchev–Trinajstić information content (AvgIpc) is 3.31. The van der Waals surface area contributed by atoms with Crippen LogP contribution in [-0.2, 0) is 0 Å². The minimum Gasteiger partial charge on any atom is -0.494 e. The third kappa shape index (κ3) is 5.07. The van der Waals surface area contributed by atoms with Gasteiger partial charge in [0.2, 0.25) is 0 Å². The van der Waals surface area contributed by atoms with E-state index in [9.17, 15) is 4.79 Å². The molecule has 4 rings (SSSR count). The number of hydrogen-bond donors (Lipinski definition) is 0. The van der Waals surface area contributed by atoms with Crippen LogP contribution < -0.4 is 9.64 Å². The van der Waals surface area contributed by atoms with Crippen molar-refractivity contribution in [2.75, 3.05) is 38.2 Å². The van der Waals surface area contributed by atoms with Crippen molar-refractivity contribution in [3.63, 3.8) is 0 Å². The van der Waals surface area contributed by atoms with E-state index in [1.54, 1.807) is 12.0 Å². The van der Waals surface area contributed by atoms with Crippen molar-refractivity contribution in [1.29, 1.82) is 0 Å². The minimum absolute atomic E-state index is 0.0419. The number of likely N-dealkylation sites (N-methyl/N-ethyl adjacent to an activating group) is 1. The highest BCUT2D eigenvalue weighted by atomic mass is 32.1. The molecule has 0 aliphatic rings. The minimum atomic E-state index is -0.0419. The molecule has 0 aliphatic heterocycles. The number of aromatic nitrogens is 1. The maximum absolute atomic E-state index is 13.7. The maximum atomic E-state index is 13.7. The van der Waals surface area contributed by atoms with Crippen LogP contribution >= 0.6 is 11.3 Å². The first-order chi connectivity index (χ1) is 16.1. The van der Waals surface area contributed by atoms with Gasteiger partial charge in [0, 0.05) is 18.7 Å². The number of anilines is 1. The van der Waals surface area contributed by atoms with Gasteiger partial charge in [0.1, 0.15) is 11.3 Å². The Morgan fingerprint density at radius 3 is 2.24 bits per heavy atom. The van der Waals surface area contributed by atoms with Gasteiger partial charge in [-0.1, -0.05) is 73.7 Å². The molecule has 0 atom stereocenters. The highest BCUT2D eigenvalue weighted by molar-refractivity contribution is 7.22. The van der Waals surface area contributed by atoms with Crippen molar-refractivity contribution in [2.24, 2.45) is 0 Å². The molecule has 0 unspecified atom stereocenters. The Hall–Kier alpha value is -3.22. The second-order valence-corrected chi connectivity index (χ2v) is 8.74. The number of thiazole rings is 1. The van der Waals surface area contributed by atoms with Crippen molar-refractivity contribution < 1.29 is 9.53 Å². The van der Waals surface area contributed by atoms with Crippen LogP contribution in [0.4, 0.5) is 5.13 Å². The van der Waals surface area contributed by atoms with Gasteiger partial charge in [0.25, 0.3) is 5.91 Å². The van der Waals surface area contributed by atoms with Crippen LogP contribution in [0.25, 0.3) is 21.3 Å². The van der Waals surface area contributed by atoms with Crippen LogP contribution in [0.15, 0.2) is 72.8 Å². The van der Waals surface area contributed by atoms with Gasteiger partial charge >= 0.3 is 0 Å². The molecule has 1 heterocycles. The monoisotopic (exact) mass is 459 g/mol. The summed E-state index contributed by atoms with van der Waals surface area (Å²) in [5, 5.41) is 0.693. The molecule has 0 saturated carbocycles. The average molecular weight is 460 g/mol. The van der Waals surface area contributed by atoms with E-state index in [2.05, 4.69) is 30.9 Å². The first-order valence-electron chi connectivity index (χ1n) is 11.3. The third-order valence-corrected chi connectivity index (χ3v) is 6.88. The topological polar surface area (TPSA) is 45.7 Å². The van der Waals surface area contributed by atoms with Crippen LogP contribution in [0.3, 0.4) is 0 Å². The molecule has 3 aromatic carbocycles. The summed E-state index contributed by atoms with van der Waals surface area (Å²) in [6.45, 7) is 7.52. The Labute approximate surface area is 199 Å². The number of rotatable bonds is 9. The van der Waals surface area contributed by atoms with Crippen molar-refractivity contribution in [3.8, 4) is 16.9 Å². The summed E-state index contributed by atoms with van der Waals surface area (Å²) in [7, 11) is 1.64. The molecular formula is C27H29N3O2S. The van der Waals surface area contributed by atoms with E-state index in [-0.39, 0.29) is 5.91 Å². The Kier molecular flexibility index (Phi) is 7.37. The SMILES string of the molecule is CCN(CC)CCN(C(=O)c1ccc(-c2ccccc2)cc1)c1nc2c(OC)cccc2s1. The fourth-order valence-corrected chi connectivity index (χ4v) is 4.86. The van der Waals surface area contributed by atoms with E-state index in [1.165, 1.54) is 11.3 Å². The highest BCUT2D eigenvalue weighted by Crippen LogP contribution is 2.34. The van der Waals surface area contributed by atoms with E-state index in [4.69, 9.17) is 9.72 Å². The van der Waals surface area contributed by atoms with Crippen LogP contribution in [0.2, 0.25) is 0 Å². The maximum Gasteiger partial charge on any atom is 0.260 e.